The molecule has 0 unspecified atom stereocenters. The number of benzene rings is 1. The van der Waals surface area contributed by atoms with E-state index in [2.05, 4.69) is 30.9 Å². The molecule has 1 aromatic rings. The van der Waals surface area contributed by atoms with Crippen LogP contribution in [-0.4, -0.2) is 30.3 Å². The normalized spacial score (nSPS) is 10.9. The molecule has 0 saturated heterocycles. The molecule has 0 aliphatic heterocycles. The zero-order valence-corrected chi connectivity index (χ0v) is 10.4. The second-order valence-corrected chi connectivity index (χ2v) is 4.61. The summed E-state index contributed by atoms with van der Waals surface area (Å²) in [6, 6.07) is 8.09. The summed E-state index contributed by atoms with van der Waals surface area (Å²) in [5.41, 5.74) is 6.47. The molecule has 0 saturated carbocycles. The average molecular weight is 224 g/mol. The van der Waals surface area contributed by atoms with Crippen LogP contribution in [0.1, 0.15) is 13.8 Å². The highest BCUT2D eigenvalue weighted by atomic mass is 32.2. The zero-order chi connectivity index (χ0) is 11.1. The zero-order valence-electron chi connectivity index (χ0n) is 9.57. The third kappa shape index (κ3) is 4.58. The van der Waals surface area contributed by atoms with Gasteiger partial charge in [0.25, 0.3) is 0 Å². The molecule has 3 heteroatoms. The highest BCUT2D eigenvalue weighted by Crippen LogP contribution is 2.18. The van der Waals surface area contributed by atoms with Gasteiger partial charge in [-0.05, 0) is 37.4 Å². The fraction of sp³-hybridized carbons (Fsp3) is 0.500. The minimum atomic E-state index is 0.836. The van der Waals surface area contributed by atoms with Gasteiger partial charge >= 0.3 is 0 Å². The predicted octanol–water partition coefficient (Wildman–Crippen LogP) is 2.70. The largest absolute Gasteiger partial charge is 0.399 e. The van der Waals surface area contributed by atoms with Crippen molar-refractivity contribution >= 4 is 17.4 Å². The van der Waals surface area contributed by atoms with E-state index >= 15 is 0 Å². The van der Waals surface area contributed by atoms with Crippen LogP contribution >= 0.6 is 11.8 Å². The van der Waals surface area contributed by atoms with Crippen LogP contribution in [0.2, 0.25) is 0 Å². The Bertz CT molecular complexity index is 267. The minimum absolute atomic E-state index is 0.836. The Labute approximate surface area is 96.8 Å². The molecule has 15 heavy (non-hydrogen) atoms. The number of hydrogen-bond donors (Lipinski definition) is 1. The monoisotopic (exact) mass is 224 g/mol. The highest BCUT2D eigenvalue weighted by molar-refractivity contribution is 7.99. The lowest BCUT2D eigenvalue weighted by Gasteiger charge is -2.17. The van der Waals surface area contributed by atoms with Crippen molar-refractivity contribution < 1.29 is 0 Å². The van der Waals surface area contributed by atoms with Gasteiger partial charge in [-0.1, -0.05) is 13.8 Å². The molecule has 0 aliphatic rings. The topological polar surface area (TPSA) is 29.3 Å². The summed E-state index contributed by atoms with van der Waals surface area (Å²) in [7, 11) is 0. The molecule has 0 radical (unpaired) electrons. The summed E-state index contributed by atoms with van der Waals surface area (Å²) in [6.07, 6.45) is 0. The first kappa shape index (κ1) is 12.4. The van der Waals surface area contributed by atoms with E-state index in [1.165, 1.54) is 4.90 Å². The van der Waals surface area contributed by atoms with Crippen LogP contribution < -0.4 is 5.73 Å². The van der Waals surface area contributed by atoms with Crippen LogP contribution in [0.4, 0.5) is 5.69 Å². The molecule has 0 bridgehead atoms. The van der Waals surface area contributed by atoms with E-state index in [1.54, 1.807) is 0 Å². The van der Waals surface area contributed by atoms with Crippen LogP contribution in [0.5, 0.6) is 0 Å². The fourth-order valence-electron chi connectivity index (χ4n) is 1.40. The first-order chi connectivity index (χ1) is 7.26. The first-order valence-electron chi connectivity index (χ1n) is 5.47. The third-order valence-electron chi connectivity index (χ3n) is 2.45. The molecule has 0 aromatic heterocycles. The number of hydrogen-bond acceptors (Lipinski definition) is 3. The summed E-state index contributed by atoms with van der Waals surface area (Å²) in [4.78, 5) is 3.74. The number of rotatable bonds is 6. The maximum Gasteiger partial charge on any atom is 0.0314 e. The van der Waals surface area contributed by atoms with Gasteiger partial charge in [0.1, 0.15) is 0 Å². The molecule has 0 heterocycles. The lowest BCUT2D eigenvalue weighted by atomic mass is 10.3. The van der Waals surface area contributed by atoms with Gasteiger partial charge in [-0.25, -0.2) is 0 Å². The van der Waals surface area contributed by atoms with Crippen molar-refractivity contribution in [1.82, 2.24) is 4.90 Å². The van der Waals surface area contributed by atoms with E-state index in [0.717, 1.165) is 31.1 Å². The van der Waals surface area contributed by atoms with Crippen LogP contribution in [0.25, 0.3) is 0 Å². The van der Waals surface area contributed by atoms with E-state index in [0.29, 0.717) is 0 Å². The van der Waals surface area contributed by atoms with Gasteiger partial charge < -0.3 is 10.6 Å². The van der Waals surface area contributed by atoms with Crippen molar-refractivity contribution in [2.45, 2.75) is 18.7 Å². The van der Waals surface area contributed by atoms with Crippen LogP contribution in [0.3, 0.4) is 0 Å². The smallest absolute Gasteiger partial charge is 0.0314 e. The Hall–Kier alpha value is -0.670. The molecule has 0 amide bonds. The van der Waals surface area contributed by atoms with Gasteiger partial charge in [-0.2, -0.15) is 0 Å². The van der Waals surface area contributed by atoms with Crippen molar-refractivity contribution in [3.8, 4) is 0 Å². The number of nitrogens with zero attached hydrogens (tertiary/aromatic N) is 1. The Morgan fingerprint density at radius 1 is 1.13 bits per heavy atom. The number of anilines is 1. The molecule has 2 nitrogen and oxygen atoms in total. The Balaban J connectivity index is 2.28. The summed E-state index contributed by atoms with van der Waals surface area (Å²) in [5, 5.41) is 0. The van der Waals surface area contributed by atoms with Gasteiger partial charge in [0, 0.05) is 22.9 Å². The summed E-state index contributed by atoms with van der Waals surface area (Å²) in [6.45, 7) is 7.84. The molecular formula is C12H20N2S. The quantitative estimate of drug-likeness (QED) is 0.595. The number of nitrogens with two attached hydrogens (primary N) is 1. The Morgan fingerprint density at radius 3 is 2.27 bits per heavy atom. The molecule has 2 N–H and O–H groups in total. The standard InChI is InChI=1S/C12H20N2S/c1-3-14(4-2)9-10-15-12-7-5-11(13)6-8-12/h5-8H,3-4,9-10,13H2,1-2H3. The van der Waals surface area contributed by atoms with E-state index in [9.17, 15) is 0 Å². The lowest BCUT2D eigenvalue weighted by Crippen LogP contribution is -2.25. The minimum Gasteiger partial charge on any atom is -0.399 e. The average Bonchev–Trinajstić information content (AvgIpc) is 2.27. The van der Waals surface area contributed by atoms with Crippen molar-refractivity contribution in [1.29, 1.82) is 0 Å². The molecule has 1 rings (SSSR count). The SMILES string of the molecule is CCN(CC)CCSc1ccc(N)cc1. The maximum atomic E-state index is 5.63. The van der Waals surface area contributed by atoms with E-state index in [1.807, 2.05) is 23.9 Å². The van der Waals surface area contributed by atoms with E-state index in [-0.39, 0.29) is 0 Å². The van der Waals surface area contributed by atoms with Crippen molar-refractivity contribution in [2.24, 2.45) is 0 Å². The van der Waals surface area contributed by atoms with Gasteiger partial charge in [0.2, 0.25) is 0 Å². The third-order valence-corrected chi connectivity index (χ3v) is 3.44. The van der Waals surface area contributed by atoms with Crippen molar-refractivity contribution in [3.63, 3.8) is 0 Å². The van der Waals surface area contributed by atoms with Crippen LogP contribution in [-0.2, 0) is 0 Å². The molecule has 84 valence electrons. The maximum absolute atomic E-state index is 5.63. The van der Waals surface area contributed by atoms with Gasteiger partial charge in [-0.3, -0.25) is 0 Å². The molecule has 0 atom stereocenters. The van der Waals surface area contributed by atoms with Crippen LogP contribution in [0, 0.1) is 0 Å². The number of nitrogen functional groups attached to an aromatic ring is 1. The van der Waals surface area contributed by atoms with Gasteiger partial charge in [0.15, 0.2) is 0 Å². The molecule has 0 fully saturated rings. The van der Waals surface area contributed by atoms with Crippen molar-refractivity contribution in [3.05, 3.63) is 24.3 Å². The highest BCUT2D eigenvalue weighted by Gasteiger charge is 1.99. The molecule has 1 aromatic carbocycles. The van der Waals surface area contributed by atoms with Crippen molar-refractivity contribution in [2.75, 3.05) is 31.1 Å². The first-order valence-corrected chi connectivity index (χ1v) is 6.45. The summed E-state index contributed by atoms with van der Waals surface area (Å²) < 4.78 is 0. The fourth-order valence-corrected chi connectivity index (χ4v) is 2.31. The van der Waals surface area contributed by atoms with Crippen LogP contribution in [0.15, 0.2) is 29.2 Å². The summed E-state index contributed by atoms with van der Waals surface area (Å²) in [5.74, 6) is 1.14. The number of thioether (sulfide) groups is 1. The summed E-state index contributed by atoms with van der Waals surface area (Å²) >= 11 is 1.89. The second-order valence-electron chi connectivity index (χ2n) is 3.44. The molecule has 0 spiro atoms. The second kappa shape index (κ2) is 6.75. The lowest BCUT2D eigenvalue weighted by molar-refractivity contribution is 0.324. The van der Waals surface area contributed by atoms with Gasteiger partial charge in [-0.15, -0.1) is 11.8 Å². The van der Waals surface area contributed by atoms with E-state index in [4.69, 9.17) is 5.73 Å². The molecular weight excluding hydrogens is 204 g/mol. The van der Waals surface area contributed by atoms with E-state index < -0.39 is 0 Å². The Morgan fingerprint density at radius 2 is 1.73 bits per heavy atom. The Kier molecular flexibility index (Phi) is 5.58. The molecule has 0 aliphatic carbocycles. The van der Waals surface area contributed by atoms with Gasteiger partial charge in [0.05, 0.1) is 0 Å². The predicted molar refractivity (Wildman–Crippen MR) is 69.4 cm³/mol.